The van der Waals surface area contributed by atoms with E-state index in [1.54, 1.807) is 6.07 Å². The van der Waals surface area contributed by atoms with E-state index in [4.69, 9.17) is 11.5 Å². The summed E-state index contributed by atoms with van der Waals surface area (Å²) in [4.78, 5) is 10.9. The van der Waals surface area contributed by atoms with Crippen LogP contribution in [0.2, 0.25) is 0 Å². The lowest BCUT2D eigenvalue weighted by Gasteiger charge is -2.13. The quantitative estimate of drug-likeness (QED) is 0.729. The average molecular weight is 207 g/mol. The highest BCUT2D eigenvalue weighted by Crippen LogP contribution is 2.16. The lowest BCUT2D eigenvalue weighted by Crippen LogP contribution is -2.29. The number of nitrogens with one attached hydrogen (secondary N) is 1. The zero-order chi connectivity index (χ0) is 11.3. The number of hydrogen-bond donors (Lipinski definition) is 2. The number of rotatable bonds is 4. The molecule has 0 aromatic heterocycles. The van der Waals surface area contributed by atoms with E-state index in [2.05, 4.69) is 11.2 Å². The minimum absolute atomic E-state index is 0.0747. The molecular formula is C11H10FNO2. The molecule has 0 radical (unpaired) electrons. The average Bonchev–Trinajstić information content (AvgIpc) is 2.20. The van der Waals surface area contributed by atoms with Crippen molar-refractivity contribution in [2.75, 3.05) is 6.54 Å². The Kier molecular flexibility index (Phi) is 3.83. The van der Waals surface area contributed by atoms with Gasteiger partial charge in [0.15, 0.2) is 0 Å². The van der Waals surface area contributed by atoms with E-state index in [1.165, 1.54) is 18.2 Å². The molecule has 4 heteroatoms. The summed E-state index contributed by atoms with van der Waals surface area (Å²) in [6.07, 6.45) is 4.99. The zero-order valence-electron chi connectivity index (χ0n) is 7.90. The first kappa shape index (κ1) is 11.2. The Morgan fingerprint density at radius 2 is 2.27 bits per heavy atom. The summed E-state index contributed by atoms with van der Waals surface area (Å²) in [6.45, 7) is 0.0747. The number of benzene rings is 1. The van der Waals surface area contributed by atoms with Crippen LogP contribution in [-0.4, -0.2) is 17.6 Å². The molecule has 1 aromatic rings. The van der Waals surface area contributed by atoms with Crippen molar-refractivity contribution < 1.29 is 14.3 Å². The summed E-state index contributed by atoms with van der Waals surface area (Å²) in [5, 5.41) is 11.4. The highest BCUT2D eigenvalue weighted by molar-refractivity contribution is 5.75. The highest BCUT2D eigenvalue weighted by Gasteiger charge is 2.21. The fourth-order valence-corrected chi connectivity index (χ4v) is 1.20. The van der Waals surface area contributed by atoms with Crippen molar-refractivity contribution in [2.24, 2.45) is 0 Å². The maximum atomic E-state index is 13.3. The first-order chi connectivity index (χ1) is 7.16. The number of terminal acetylenes is 1. The molecule has 1 unspecified atom stereocenters. The Morgan fingerprint density at radius 3 is 2.80 bits per heavy atom. The monoisotopic (exact) mass is 207 g/mol. The van der Waals surface area contributed by atoms with Gasteiger partial charge < -0.3 is 5.11 Å². The molecule has 78 valence electrons. The summed E-state index contributed by atoms with van der Waals surface area (Å²) in [6, 6.07) is 4.59. The van der Waals surface area contributed by atoms with E-state index in [-0.39, 0.29) is 12.1 Å². The van der Waals surface area contributed by atoms with Crippen LogP contribution < -0.4 is 5.32 Å². The van der Waals surface area contributed by atoms with Gasteiger partial charge in [-0.2, -0.15) is 0 Å². The maximum Gasteiger partial charge on any atom is 0.325 e. The topological polar surface area (TPSA) is 49.3 Å². The second-order valence-corrected chi connectivity index (χ2v) is 2.88. The van der Waals surface area contributed by atoms with Crippen LogP contribution in [0, 0.1) is 18.2 Å². The van der Waals surface area contributed by atoms with Crippen LogP contribution in [0.25, 0.3) is 0 Å². The predicted octanol–water partition coefficient (Wildman–Crippen LogP) is 1.17. The van der Waals surface area contributed by atoms with Gasteiger partial charge in [-0.25, -0.2) is 4.39 Å². The van der Waals surface area contributed by atoms with E-state index >= 15 is 0 Å². The molecule has 0 fully saturated rings. The Labute approximate surface area is 86.9 Å². The molecule has 1 atom stereocenters. The largest absolute Gasteiger partial charge is 0.480 e. The lowest BCUT2D eigenvalue weighted by molar-refractivity contribution is -0.139. The smallest absolute Gasteiger partial charge is 0.325 e. The molecule has 3 nitrogen and oxygen atoms in total. The third-order valence-electron chi connectivity index (χ3n) is 1.87. The molecule has 2 N–H and O–H groups in total. The standard InChI is InChI=1S/C11H10FNO2/c1-2-7-13-10(11(14)15)8-5-3-4-6-9(8)12/h1,3-6,10,13H,7H2,(H,14,15). The van der Waals surface area contributed by atoms with Gasteiger partial charge >= 0.3 is 5.97 Å². The highest BCUT2D eigenvalue weighted by atomic mass is 19.1. The van der Waals surface area contributed by atoms with Crippen LogP contribution in [0.15, 0.2) is 24.3 Å². The van der Waals surface area contributed by atoms with Crippen molar-refractivity contribution in [3.63, 3.8) is 0 Å². The van der Waals surface area contributed by atoms with Gasteiger partial charge in [0, 0.05) is 5.56 Å². The van der Waals surface area contributed by atoms with E-state index in [1.807, 2.05) is 0 Å². The van der Waals surface area contributed by atoms with Gasteiger partial charge in [-0.05, 0) is 6.07 Å². The molecule has 1 aromatic carbocycles. The van der Waals surface area contributed by atoms with Crippen LogP contribution in [0.3, 0.4) is 0 Å². The fraction of sp³-hybridized carbons (Fsp3) is 0.182. The second kappa shape index (κ2) is 5.13. The van der Waals surface area contributed by atoms with E-state index < -0.39 is 17.8 Å². The molecule has 0 aliphatic carbocycles. The van der Waals surface area contributed by atoms with E-state index in [0.717, 1.165) is 0 Å². The number of carbonyl (C=O) groups is 1. The molecule has 0 amide bonds. The lowest BCUT2D eigenvalue weighted by atomic mass is 10.1. The van der Waals surface area contributed by atoms with Gasteiger partial charge in [0.1, 0.15) is 11.9 Å². The SMILES string of the molecule is C#CCNC(C(=O)O)c1ccccc1F. The molecule has 1 rings (SSSR count). The van der Waals surface area contributed by atoms with Crippen molar-refractivity contribution >= 4 is 5.97 Å². The Hall–Kier alpha value is -1.86. The van der Waals surface area contributed by atoms with E-state index in [0.29, 0.717) is 0 Å². The van der Waals surface area contributed by atoms with Gasteiger partial charge in [-0.15, -0.1) is 6.42 Å². The van der Waals surface area contributed by atoms with Crippen molar-refractivity contribution in [3.05, 3.63) is 35.6 Å². The number of carboxylic acids is 1. The summed E-state index contributed by atoms with van der Waals surface area (Å²) in [7, 11) is 0. The maximum absolute atomic E-state index is 13.3. The Bertz CT molecular complexity index is 398. The molecule has 0 aliphatic heterocycles. The Morgan fingerprint density at radius 1 is 1.60 bits per heavy atom. The molecule has 0 saturated heterocycles. The van der Waals surface area contributed by atoms with Crippen LogP contribution in [0.1, 0.15) is 11.6 Å². The van der Waals surface area contributed by atoms with Crippen LogP contribution in [-0.2, 0) is 4.79 Å². The van der Waals surface area contributed by atoms with Crippen molar-refractivity contribution in [2.45, 2.75) is 6.04 Å². The normalized spacial score (nSPS) is 11.7. The predicted molar refractivity (Wildman–Crippen MR) is 53.6 cm³/mol. The summed E-state index contributed by atoms with van der Waals surface area (Å²) >= 11 is 0. The first-order valence-corrected chi connectivity index (χ1v) is 4.31. The van der Waals surface area contributed by atoms with Crippen molar-refractivity contribution in [1.29, 1.82) is 0 Å². The van der Waals surface area contributed by atoms with Gasteiger partial charge in [0.05, 0.1) is 6.54 Å². The minimum Gasteiger partial charge on any atom is -0.480 e. The molecule has 15 heavy (non-hydrogen) atoms. The molecule has 0 aliphatic rings. The minimum atomic E-state index is -1.16. The van der Waals surface area contributed by atoms with Gasteiger partial charge in [0.2, 0.25) is 0 Å². The molecule has 0 bridgehead atoms. The van der Waals surface area contributed by atoms with Crippen molar-refractivity contribution in [1.82, 2.24) is 5.32 Å². The number of aliphatic carboxylic acids is 1. The van der Waals surface area contributed by atoms with E-state index in [9.17, 15) is 9.18 Å². The second-order valence-electron chi connectivity index (χ2n) is 2.88. The van der Waals surface area contributed by atoms with Crippen LogP contribution >= 0.6 is 0 Å². The van der Waals surface area contributed by atoms with Gasteiger partial charge in [0.25, 0.3) is 0 Å². The first-order valence-electron chi connectivity index (χ1n) is 4.31. The molecule has 0 heterocycles. The number of carboxylic acid groups (broad SMARTS) is 1. The fourth-order valence-electron chi connectivity index (χ4n) is 1.20. The Balaban J connectivity index is 2.95. The number of halogens is 1. The van der Waals surface area contributed by atoms with Crippen LogP contribution in [0.5, 0.6) is 0 Å². The summed E-state index contributed by atoms with van der Waals surface area (Å²) < 4.78 is 13.3. The summed E-state index contributed by atoms with van der Waals surface area (Å²) in [5.41, 5.74) is 0.0836. The molecular weight excluding hydrogens is 197 g/mol. The summed E-state index contributed by atoms with van der Waals surface area (Å²) in [5.74, 6) is 0.528. The van der Waals surface area contributed by atoms with Crippen molar-refractivity contribution in [3.8, 4) is 12.3 Å². The third-order valence-corrected chi connectivity index (χ3v) is 1.87. The van der Waals surface area contributed by atoms with Gasteiger partial charge in [-0.3, -0.25) is 10.1 Å². The molecule has 0 spiro atoms. The van der Waals surface area contributed by atoms with Gasteiger partial charge in [-0.1, -0.05) is 24.1 Å². The molecule has 0 saturated carbocycles. The zero-order valence-corrected chi connectivity index (χ0v) is 7.90. The van der Waals surface area contributed by atoms with Crippen LogP contribution in [0.4, 0.5) is 4.39 Å². The third kappa shape index (κ3) is 2.79. The number of hydrogen-bond acceptors (Lipinski definition) is 2.